The van der Waals surface area contributed by atoms with Crippen LogP contribution in [0.1, 0.15) is 31.8 Å². The molecular weight excluding hydrogens is 390 g/mol. The van der Waals surface area contributed by atoms with Gasteiger partial charge in [0.25, 0.3) is 5.91 Å². The molecule has 6 heteroatoms. The number of esters is 1. The Kier molecular flexibility index (Phi) is 6.52. The molecule has 0 atom stereocenters. The molecule has 0 aromatic heterocycles. The normalized spacial score (nSPS) is 10.3. The Balaban J connectivity index is 1.73. The Hall–Kier alpha value is -3.31. The lowest BCUT2D eigenvalue weighted by Gasteiger charge is -2.12. The van der Waals surface area contributed by atoms with Gasteiger partial charge in [0.2, 0.25) is 0 Å². The lowest BCUT2D eigenvalue weighted by molar-refractivity contribution is 0.0600. The SMILES string of the molecule is COC(=O)c1ccc(C)c(NC(=O)c2cccc(OCc3ccccc3Cl)c2)c1. The number of benzene rings is 3. The van der Waals surface area contributed by atoms with Gasteiger partial charge in [-0.25, -0.2) is 4.79 Å². The second kappa shape index (κ2) is 9.26. The molecule has 1 amide bonds. The number of halogens is 1. The van der Waals surface area contributed by atoms with E-state index in [0.29, 0.717) is 34.2 Å². The van der Waals surface area contributed by atoms with Crippen LogP contribution in [0.4, 0.5) is 5.69 Å². The molecule has 0 bridgehead atoms. The number of carbonyl (C=O) groups is 2. The fourth-order valence-electron chi connectivity index (χ4n) is 2.70. The van der Waals surface area contributed by atoms with Crippen LogP contribution in [0.3, 0.4) is 0 Å². The molecule has 0 heterocycles. The first kappa shape index (κ1) is 20.4. The molecule has 3 rings (SSSR count). The highest BCUT2D eigenvalue weighted by Gasteiger charge is 2.12. The highest BCUT2D eigenvalue weighted by Crippen LogP contribution is 2.22. The summed E-state index contributed by atoms with van der Waals surface area (Å²) < 4.78 is 10.5. The van der Waals surface area contributed by atoms with E-state index in [-0.39, 0.29) is 5.91 Å². The van der Waals surface area contributed by atoms with Crippen LogP contribution in [-0.2, 0) is 11.3 Å². The molecule has 0 aliphatic heterocycles. The average Bonchev–Trinajstić information content (AvgIpc) is 2.74. The summed E-state index contributed by atoms with van der Waals surface area (Å²) in [5, 5.41) is 3.46. The molecule has 0 fully saturated rings. The number of carbonyl (C=O) groups excluding carboxylic acids is 2. The Labute approximate surface area is 174 Å². The zero-order valence-electron chi connectivity index (χ0n) is 16.1. The molecule has 5 nitrogen and oxygen atoms in total. The lowest BCUT2D eigenvalue weighted by Crippen LogP contribution is -2.14. The van der Waals surface area contributed by atoms with Crippen molar-refractivity contribution in [2.45, 2.75) is 13.5 Å². The largest absolute Gasteiger partial charge is 0.489 e. The van der Waals surface area contributed by atoms with Crippen LogP contribution in [0.15, 0.2) is 66.7 Å². The molecule has 0 aliphatic rings. The van der Waals surface area contributed by atoms with Crippen LogP contribution in [-0.4, -0.2) is 19.0 Å². The summed E-state index contributed by atoms with van der Waals surface area (Å²) in [5.74, 6) is -0.216. The fraction of sp³-hybridized carbons (Fsp3) is 0.130. The Morgan fingerprint density at radius 2 is 1.76 bits per heavy atom. The van der Waals surface area contributed by atoms with E-state index in [1.807, 2.05) is 25.1 Å². The van der Waals surface area contributed by atoms with Crippen molar-refractivity contribution in [1.82, 2.24) is 0 Å². The first-order chi connectivity index (χ1) is 14.0. The van der Waals surface area contributed by atoms with E-state index in [4.69, 9.17) is 21.1 Å². The van der Waals surface area contributed by atoms with Crippen molar-refractivity contribution in [2.24, 2.45) is 0 Å². The number of hydrogen-bond donors (Lipinski definition) is 1. The number of ether oxygens (including phenoxy) is 2. The lowest BCUT2D eigenvalue weighted by atomic mass is 10.1. The van der Waals surface area contributed by atoms with Gasteiger partial charge in [0.15, 0.2) is 0 Å². The number of methoxy groups -OCH3 is 1. The second-order valence-electron chi connectivity index (χ2n) is 6.38. The highest BCUT2D eigenvalue weighted by atomic mass is 35.5. The summed E-state index contributed by atoms with van der Waals surface area (Å²) in [6.45, 7) is 2.14. The highest BCUT2D eigenvalue weighted by molar-refractivity contribution is 6.31. The van der Waals surface area contributed by atoms with Gasteiger partial charge in [0, 0.05) is 21.8 Å². The Morgan fingerprint density at radius 3 is 2.52 bits per heavy atom. The zero-order chi connectivity index (χ0) is 20.8. The molecule has 0 unspecified atom stereocenters. The molecule has 0 radical (unpaired) electrons. The van der Waals surface area contributed by atoms with Crippen molar-refractivity contribution in [2.75, 3.05) is 12.4 Å². The van der Waals surface area contributed by atoms with Gasteiger partial charge in [0.1, 0.15) is 12.4 Å². The van der Waals surface area contributed by atoms with Crippen molar-refractivity contribution in [3.05, 3.63) is 94.0 Å². The summed E-state index contributed by atoms with van der Waals surface area (Å²) >= 11 is 6.15. The topological polar surface area (TPSA) is 64.6 Å². The van der Waals surface area contributed by atoms with Crippen molar-refractivity contribution < 1.29 is 19.1 Å². The van der Waals surface area contributed by atoms with E-state index >= 15 is 0 Å². The molecule has 0 spiro atoms. The molecular formula is C23H20ClNO4. The molecule has 0 saturated heterocycles. The quantitative estimate of drug-likeness (QED) is 0.563. The third kappa shape index (κ3) is 5.15. The molecule has 3 aromatic rings. The Morgan fingerprint density at radius 1 is 0.966 bits per heavy atom. The van der Waals surface area contributed by atoms with Crippen LogP contribution in [0, 0.1) is 6.92 Å². The zero-order valence-corrected chi connectivity index (χ0v) is 16.8. The van der Waals surface area contributed by atoms with Gasteiger partial charge in [0.05, 0.1) is 12.7 Å². The van der Waals surface area contributed by atoms with Crippen molar-refractivity contribution in [3.63, 3.8) is 0 Å². The van der Waals surface area contributed by atoms with Crippen LogP contribution in [0.25, 0.3) is 0 Å². The molecule has 148 valence electrons. The number of amides is 1. The minimum absolute atomic E-state index is 0.297. The monoisotopic (exact) mass is 409 g/mol. The molecule has 0 saturated carbocycles. The van der Waals surface area contributed by atoms with E-state index in [2.05, 4.69) is 5.32 Å². The van der Waals surface area contributed by atoms with E-state index in [9.17, 15) is 9.59 Å². The summed E-state index contributed by atoms with van der Waals surface area (Å²) in [7, 11) is 1.31. The van der Waals surface area contributed by atoms with Crippen LogP contribution < -0.4 is 10.1 Å². The smallest absolute Gasteiger partial charge is 0.337 e. The molecule has 3 aromatic carbocycles. The van der Waals surface area contributed by atoms with Gasteiger partial charge in [-0.3, -0.25) is 4.79 Å². The summed E-state index contributed by atoms with van der Waals surface area (Å²) in [6, 6.07) is 19.3. The Bertz CT molecular complexity index is 1050. The predicted molar refractivity (Wildman–Crippen MR) is 113 cm³/mol. The first-order valence-electron chi connectivity index (χ1n) is 8.94. The standard InChI is InChI=1S/C23H20ClNO4/c1-15-10-11-17(23(27)28-2)13-21(15)25-22(26)16-7-5-8-19(12-16)29-14-18-6-3-4-9-20(18)24/h3-13H,14H2,1-2H3,(H,25,26). The van der Waals surface area contributed by atoms with Crippen LogP contribution >= 0.6 is 11.6 Å². The van der Waals surface area contributed by atoms with Gasteiger partial charge in [-0.2, -0.15) is 0 Å². The van der Waals surface area contributed by atoms with Gasteiger partial charge in [-0.05, 0) is 48.9 Å². The third-order valence-corrected chi connectivity index (χ3v) is 4.72. The minimum Gasteiger partial charge on any atom is -0.489 e. The van der Waals surface area contributed by atoms with Crippen LogP contribution in [0.5, 0.6) is 5.75 Å². The minimum atomic E-state index is -0.463. The van der Waals surface area contributed by atoms with E-state index in [1.165, 1.54) is 7.11 Å². The maximum Gasteiger partial charge on any atom is 0.337 e. The third-order valence-electron chi connectivity index (χ3n) is 4.36. The second-order valence-corrected chi connectivity index (χ2v) is 6.79. The number of anilines is 1. The van der Waals surface area contributed by atoms with E-state index in [1.54, 1.807) is 48.5 Å². The van der Waals surface area contributed by atoms with Gasteiger partial charge in [-0.15, -0.1) is 0 Å². The molecule has 29 heavy (non-hydrogen) atoms. The molecule has 1 N–H and O–H groups in total. The summed E-state index contributed by atoms with van der Waals surface area (Å²) in [5.41, 5.74) is 3.03. The molecule has 0 aliphatic carbocycles. The number of hydrogen-bond acceptors (Lipinski definition) is 4. The van der Waals surface area contributed by atoms with Crippen molar-refractivity contribution >= 4 is 29.2 Å². The number of aryl methyl sites for hydroxylation is 1. The predicted octanol–water partition coefficient (Wildman–Crippen LogP) is 5.27. The maximum absolute atomic E-state index is 12.7. The van der Waals surface area contributed by atoms with Gasteiger partial charge < -0.3 is 14.8 Å². The van der Waals surface area contributed by atoms with Gasteiger partial charge in [-0.1, -0.05) is 41.9 Å². The average molecular weight is 410 g/mol. The van der Waals surface area contributed by atoms with Crippen molar-refractivity contribution in [3.8, 4) is 5.75 Å². The maximum atomic E-state index is 12.7. The van der Waals surface area contributed by atoms with E-state index < -0.39 is 5.97 Å². The summed E-state index contributed by atoms with van der Waals surface area (Å²) in [4.78, 5) is 24.4. The van der Waals surface area contributed by atoms with Crippen LogP contribution in [0.2, 0.25) is 5.02 Å². The van der Waals surface area contributed by atoms with E-state index in [0.717, 1.165) is 11.1 Å². The van der Waals surface area contributed by atoms with Crippen molar-refractivity contribution in [1.29, 1.82) is 0 Å². The number of nitrogens with one attached hydrogen (secondary N) is 1. The van der Waals surface area contributed by atoms with Gasteiger partial charge >= 0.3 is 5.97 Å². The summed E-state index contributed by atoms with van der Waals surface area (Å²) in [6.07, 6.45) is 0. The number of rotatable bonds is 6. The first-order valence-corrected chi connectivity index (χ1v) is 9.32. The fourth-order valence-corrected chi connectivity index (χ4v) is 2.89.